The molecule has 1 aromatic carbocycles. The van der Waals surface area contributed by atoms with Crippen LogP contribution in [-0.2, 0) is 0 Å². The minimum Gasteiger partial charge on any atom is -0.375 e. The van der Waals surface area contributed by atoms with Gasteiger partial charge in [-0.25, -0.2) is 9.37 Å². The quantitative estimate of drug-likeness (QED) is 0.814. The van der Waals surface area contributed by atoms with Gasteiger partial charge in [0.15, 0.2) is 5.13 Å². The first kappa shape index (κ1) is 9.43. The zero-order chi connectivity index (χ0) is 10.1. The van der Waals surface area contributed by atoms with Crippen LogP contribution in [0.2, 0.25) is 5.02 Å². The lowest BCUT2D eigenvalue weighted by molar-refractivity contribution is 0.628. The molecule has 0 aliphatic carbocycles. The molecule has 0 radical (unpaired) electrons. The van der Waals surface area contributed by atoms with Gasteiger partial charge in [0.2, 0.25) is 0 Å². The fourth-order valence-electron chi connectivity index (χ4n) is 1.08. The average Bonchev–Trinajstić information content (AvgIpc) is 2.57. The van der Waals surface area contributed by atoms with Crippen molar-refractivity contribution in [2.24, 2.45) is 0 Å². The van der Waals surface area contributed by atoms with Gasteiger partial charge in [0.1, 0.15) is 5.82 Å². The smallest absolute Gasteiger partial charge is 0.180 e. The van der Waals surface area contributed by atoms with E-state index in [1.807, 2.05) is 0 Å². The van der Waals surface area contributed by atoms with Gasteiger partial charge in [-0.1, -0.05) is 11.6 Å². The first-order chi connectivity index (χ1) is 6.66. The molecule has 0 atom stereocenters. The summed E-state index contributed by atoms with van der Waals surface area (Å²) >= 11 is 6.98. The minimum atomic E-state index is -0.432. The second-order valence-electron chi connectivity index (χ2n) is 2.70. The van der Waals surface area contributed by atoms with Gasteiger partial charge in [-0.2, -0.15) is 0 Å². The third-order valence-corrected chi connectivity index (χ3v) is 2.70. The molecule has 0 saturated heterocycles. The Hall–Kier alpha value is -1.13. The number of nitrogen functional groups attached to an aromatic ring is 1. The van der Waals surface area contributed by atoms with E-state index in [9.17, 15) is 4.39 Å². The van der Waals surface area contributed by atoms with Crippen LogP contribution in [-0.4, -0.2) is 4.98 Å². The van der Waals surface area contributed by atoms with Gasteiger partial charge in [-0.3, -0.25) is 0 Å². The Bertz CT molecular complexity index is 470. The van der Waals surface area contributed by atoms with Crippen molar-refractivity contribution in [3.05, 3.63) is 34.4 Å². The Kier molecular flexibility index (Phi) is 2.39. The summed E-state index contributed by atoms with van der Waals surface area (Å²) in [6.07, 6.45) is 0. The van der Waals surface area contributed by atoms with E-state index in [1.54, 1.807) is 11.4 Å². The summed E-state index contributed by atoms with van der Waals surface area (Å²) in [4.78, 5) is 4.07. The molecule has 1 aromatic heterocycles. The van der Waals surface area contributed by atoms with Gasteiger partial charge in [0, 0.05) is 10.9 Å². The number of hydrogen-bond donors (Lipinski definition) is 1. The average molecular weight is 229 g/mol. The maximum Gasteiger partial charge on any atom is 0.180 e. The predicted molar refractivity (Wildman–Crippen MR) is 56.9 cm³/mol. The number of benzene rings is 1. The van der Waals surface area contributed by atoms with E-state index in [1.165, 1.54) is 23.5 Å². The summed E-state index contributed by atoms with van der Waals surface area (Å²) in [7, 11) is 0. The summed E-state index contributed by atoms with van der Waals surface area (Å²) in [5.74, 6) is -0.432. The van der Waals surface area contributed by atoms with E-state index in [2.05, 4.69) is 4.98 Å². The Morgan fingerprint density at radius 3 is 2.79 bits per heavy atom. The Labute approximate surface area is 89.2 Å². The normalized spacial score (nSPS) is 10.4. The number of thiazole rings is 1. The third kappa shape index (κ3) is 1.71. The van der Waals surface area contributed by atoms with Crippen molar-refractivity contribution >= 4 is 28.1 Å². The Balaban J connectivity index is 2.47. The van der Waals surface area contributed by atoms with Crippen LogP contribution in [0.3, 0.4) is 0 Å². The van der Waals surface area contributed by atoms with Crippen LogP contribution in [0, 0.1) is 5.82 Å². The number of hydrogen-bond acceptors (Lipinski definition) is 3. The molecule has 14 heavy (non-hydrogen) atoms. The van der Waals surface area contributed by atoms with Crippen LogP contribution in [0.15, 0.2) is 23.6 Å². The molecule has 0 bridgehead atoms. The fourth-order valence-corrected chi connectivity index (χ4v) is 1.83. The van der Waals surface area contributed by atoms with E-state index in [-0.39, 0.29) is 5.02 Å². The van der Waals surface area contributed by atoms with Crippen molar-refractivity contribution in [2.45, 2.75) is 0 Å². The van der Waals surface area contributed by atoms with Crippen molar-refractivity contribution in [1.29, 1.82) is 0 Å². The molecule has 2 N–H and O–H groups in total. The molecule has 5 heteroatoms. The minimum absolute atomic E-state index is 0.0917. The van der Waals surface area contributed by atoms with Crippen LogP contribution >= 0.6 is 22.9 Å². The van der Waals surface area contributed by atoms with Crippen LogP contribution in [0.4, 0.5) is 9.52 Å². The molecule has 2 aromatic rings. The second-order valence-corrected chi connectivity index (χ2v) is 4.00. The second kappa shape index (κ2) is 3.55. The topological polar surface area (TPSA) is 38.9 Å². The van der Waals surface area contributed by atoms with Gasteiger partial charge in [-0.05, 0) is 18.2 Å². The summed E-state index contributed by atoms with van der Waals surface area (Å²) in [5, 5.41) is 2.38. The molecule has 0 saturated carbocycles. The highest BCUT2D eigenvalue weighted by Gasteiger charge is 2.05. The van der Waals surface area contributed by atoms with E-state index >= 15 is 0 Å². The van der Waals surface area contributed by atoms with Crippen molar-refractivity contribution in [3.63, 3.8) is 0 Å². The lowest BCUT2D eigenvalue weighted by atomic mass is 10.2. The largest absolute Gasteiger partial charge is 0.375 e. The summed E-state index contributed by atoms with van der Waals surface area (Å²) in [5.41, 5.74) is 6.97. The highest BCUT2D eigenvalue weighted by atomic mass is 35.5. The van der Waals surface area contributed by atoms with E-state index in [0.717, 1.165) is 11.3 Å². The summed E-state index contributed by atoms with van der Waals surface area (Å²) in [6, 6.07) is 4.47. The molecule has 2 nitrogen and oxygen atoms in total. The number of nitrogens with zero attached hydrogens (tertiary/aromatic N) is 1. The first-order valence-electron chi connectivity index (χ1n) is 3.83. The van der Waals surface area contributed by atoms with E-state index < -0.39 is 5.82 Å². The molecule has 2 rings (SSSR count). The molecule has 0 aliphatic rings. The molecule has 0 amide bonds. The number of nitrogens with two attached hydrogens (primary N) is 1. The molecule has 1 heterocycles. The molecule has 0 aliphatic heterocycles. The molecular weight excluding hydrogens is 223 g/mol. The maximum atomic E-state index is 12.8. The zero-order valence-electron chi connectivity index (χ0n) is 7.00. The van der Waals surface area contributed by atoms with Crippen molar-refractivity contribution in [3.8, 4) is 11.3 Å². The number of halogens is 2. The Morgan fingerprint density at radius 1 is 1.43 bits per heavy atom. The van der Waals surface area contributed by atoms with Gasteiger partial charge in [0.25, 0.3) is 0 Å². The van der Waals surface area contributed by atoms with Crippen LogP contribution in [0.1, 0.15) is 0 Å². The summed E-state index contributed by atoms with van der Waals surface area (Å²) < 4.78 is 12.8. The number of aromatic nitrogens is 1. The summed E-state index contributed by atoms with van der Waals surface area (Å²) in [6.45, 7) is 0. The van der Waals surface area contributed by atoms with Gasteiger partial charge in [-0.15, -0.1) is 11.3 Å². The molecular formula is C9H6ClFN2S. The van der Waals surface area contributed by atoms with Crippen LogP contribution in [0.5, 0.6) is 0 Å². The highest BCUT2D eigenvalue weighted by molar-refractivity contribution is 7.13. The predicted octanol–water partition coefficient (Wildman–Crippen LogP) is 3.18. The highest BCUT2D eigenvalue weighted by Crippen LogP contribution is 2.26. The van der Waals surface area contributed by atoms with Gasteiger partial charge in [0.05, 0.1) is 10.7 Å². The third-order valence-electron chi connectivity index (χ3n) is 1.74. The van der Waals surface area contributed by atoms with Gasteiger partial charge >= 0.3 is 0 Å². The van der Waals surface area contributed by atoms with Crippen LogP contribution in [0.25, 0.3) is 11.3 Å². The monoisotopic (exact) mass is 228 g/mol. The number of anilines is 1. The molecule has 72 valence electrons. The first-order valence-corrected chi connectivity index (χ1v) is 5.09. The zero-order valence-corrected chi connectivity index (χ0v) is 8.57. The van der Waals surface area contributed by atoms with Gasteiger partial charge < -0.3 is 5.73 Å². The Morgan fingerprint density at radius 2 is 2.21 bits per heavy atom. The standard InChI is InChI=1S/C9H6ClFN2S/c10-6-3-5(1-2-7(6)11)8-4-14-9(12)13-8/h1-4H,(H2,12,13). The lowest BCUT2D eigenvalue weighted by Gasteiger charge is -1.98. The van der Waals surface area contributed by atoms with Crippen LogP contribution < -0.4 is 5.73 Å². The molecule has 0 unspecified atom stereocenters. The fraction of sp³-hybridized carbons (Fsp3) is 0. The molecule has 0 spiro atoms. The number of rotatable bonds is 1. The molecule has 0 fully saturated rings. The SMILES string of the molecule is Nc1nc(-c2ccc(F)c(Cl)c2)cs1. The van der Waals surface area contributed by atoms with Crippen molar-refractivity contribution < 1.29 is 4.39 Å². The van der Waals surface area contributed by atoms with E-state index in [4.69, 9.17) is 17.3 Å². The van der Waals surface area contributed by atoms with Crippen molar-refractivity contribution in [1.82, 2.24) is 4.98 Å². The maximum absolute atomic E-state index is 12.8. The lowest BCUT2D eigenvalue weighted by Crippen LogP contribution is -1.84. The van der Waals surface area contributed by atoms with E-state index in [0.29, 0.717) is 5.13 Å². The van der Waals surface area contributed by atoms with Crippen molar-refractivity contribution in [2.75, 3.05) is 5.73 Å².